The number of benzene rings is 1. The van der Waals surface area contributed by atoms with Crippen LogP contribution in [0.2, 0.25) is 0 Å². The maximum atomic E-state index is 11.6. The number of hydrogen-bond acceptors (Lipinski definition) is 5. The van der Waals surface area contributed by atoms with Crippen LogP contribution < -0.4 is 5.32 Å². The Labute approximate surface area is 107 Å². The fourth-order valence-corrected chi connectivity index (χ4v) is 1.41. The van der Waals surface area contributed by atoms with E-state index in [2.05, 4.69) is 5.32 Å². The SMILES string of the molecule is O=CNc1ccc(C(=O)CCC(=O)O)cc1[N+](=O)[O-]. The molecule has 0 aliphatic heterocycles. The van der Waals surface area contributed by atoms with Gasteiger partial charge in [-0.2, -0.15) is 0 Å². The lowest BCUT2D eigenvalue weighted by atomic mass is 10.1. The van der Waals surface area contributed by atoms with E-state index in [1.807, 2.05) is 0 Å². The number of anilines is 1. The van der Waals surface area contributed by atoms with Gasteiger partial charge in [0.25, 0.3) is 5.69 Å². The molecule has 0 spiro atoms. The van der Waals surface area contributed by atoms with E-state index in [1.165, 1.54) is 12.1 Å². The van der Waals surface area contributed by atoms with E-state index in [0.717, 1.165) is 6.07 Å². The van der Waals surface area contributed by atoms with Crippen LogP contribution in [0.4, 0.5) is 11.4 Å². The second-order valence-corrected chi connectivity index (χ2v) is 3.57. The predicted octanol–water partition coefficient (Wildman–Crippen LogP) is 1.21. The number of ketones is 1. The molecular formula is C11H10N2O6. The summed E-state index contributed by atoms with van der Waals surface area (Å²) in [5.74, 6) is -1.63. The Hall–Kier alpha value is -2.77. The predicted molar refractivity (Wildman–Crippen MR) is 64.0 cm³/mol. The van der Waals surface area contributed by atoms with E-state index < -0.39 is 22.4 Å². The number of amides is 1. The van der Waals surface area contributed by atoms with Gasteiger partial charge in [0.15, 0.2) is 5.78 Å². The molecule has 0 radical (unpaired) electrons. The highest BCUT2D eigenvalue weighted by Crippen LogP contribution is 2.25. The molecule has 0 aromatic heterocycles. The third-order valence-electron chi connectivity index (χ3n) is 2.30. The first kappa shape index (κ1) is 14.3. The summed E-state index contributed by atoms with van der Waals surface area (Å²) in [5, 5.41) is 21.4. The van der Waals surface area contributed by atoms with Gasteiger partial charge in [-0.05, 0) is 12.1 Å². The van der Waals surface area contributed by atoms with Crippen LogP contribution in [0.3, 0.4) is 0 Å². The number of aliphatic carboxylic acids is 1. The van der Waals surface area contributed by atoms with Crippen LogP contribution in [0.25, 0.3) is 0 Å². The Morgan fingerprint density at radius 2 is 2.05 bits per heavy atom. The highest BCUT2D eigenvalue weighted by atomic mass is 16.6. The van der Waals surface area contributed by atoms with Crippen molar-refractivity contribution in [3.8, 4) is 0 Å². The minimum atomic E-state index is -1.12. The number of carbonyl (C=O) groups is 3. The fourth-order valence-electron chi connectivity index (χ4n) is 1.41. The smallest absolute Gasteiger partial charge is 0.303 e. The van der Waals surface area contributed by atoms with E-state index >= 15 is 0 Å². The second kappa shape index (κ2) is 6.24. The minimum absolute atomic E-state index is 0.0319. The first-order chi connectivity index (χ1) is 8.95. The molecule has 100 valence electrons. The molecular weight excluding hydrogens is 256 g/mol. The van der Waals surface area contributed by atoms with Crippen LogP contribution in [0.15, 0.2) is 18.2 Å². The van der Waals surface area contributed by atoms with E-state index in [0.29, 0.717) is 0 Å². The molecule has 0 bridgehead atoms. The Morgan fingerprint density at radius 3 is 2.58 bits per heavy atom. The molecule has 0 aliphatic rings. The highest BCUT2D eigenvalue weighted by Gasteiger charge is 2.17. The Bertz CT molecular complexity index is 540. The molecule has 0 aliphatic carbocycles. The van der Waals surface area contributed by atoms with Gasteiger partial charge >= 0.3 is 5.97 Å². The van der Waals surface area contributed by atoms with Crippen LogP contribution >= 0.6 is 0 Å². The molecule has 8 heteroatoms. The summed E-state index contributed by atoms with van der Waals surface area (Å²) in [6.07, 6.45) is -0.303. The summed E-state index contributed by atoms with van der Waals surface area (Å²) in [5.41, 5.74) is -0.424. The lowest BCUT2D eigenvalue weighted by Crippen LogP contribution is -2.06. The summed E-state index contributed by atoms with van der Waals surface area (Å²) < 4.78 is 0. The minimum Gasteiger partial charge on any atom is -0.481 e. The number of nitro groups is 1. The highest BCUT2D eigenvalue weighted by molar-refractivity contribution is 5.99. The lowest BCUT2D eigenvalue weighted by molar-refractivity contribution is -0.383. The summed E-state index contributed by atoms with van der Waals surface area (Å²) >= 11 is 0. The monoisotopic (exact) mass is 266 g/mol. The summed E-state index contributed by atoms with van der Waals surface area (Å²) in [6.45, 7) is 0. The zero-order valence-electron chi connectivity index (χ0n) is 9.66. The Balaban J connectivity index is 3.00. The number of hydrogen-bond donors (Lipinski definition) is 2. The van der Waals surface area contributed by atoms with Crippen LogP contribution in [0.5, 0.6) is 0 Å². The molecule has 1 aromatic carbocycles. The van der Waals surface area contributed by atoms with Gasteiger partial charge < -0.3 is 10.4 Å². The number of nitro benzene ring substituents is 1. The number of Topliss-reactive ketones (excluding diaryl/α,β-unsaturated/α-hetero) is 1. The zero-order chi connectivity index (χ0) is 14.4. The van der Waals surface area contributed by atoms with Crippen molar-refractivity contribution in [2.45, 2.75) is 12.8 Å². The van der Waals surface area contributed by atoms with Crippen molar-refractivity contribution in [2.75, 3.05) is 5.32 Å². The number of carboxylic acids is 1. The Kier molecular flexibility index (Phi) is 4.69. The third kappa shape index (κ3) is 3.87. The van der Waals surface area contributed by atoms with Crippen LogP contribution in [0.1, 0.15) is 23.2 Å². The standard InChI is InChI=1S/C11H10N2O6/c14-6-12-8-2-1-7(5-9(8)13(18)19)10(15)3-4-11(16)17/h1-2,5-6H,3-4H2,(H,12,14)(H,16,17). The van der Waals surface area contributed by atoms with Crippen molar-refractivity contribution in [2.24, 2.45) is 0 Å². The van der Waals surface area contributed by atoms with Gasteiger partial charge in [0.05, 0.1) is 11.3 Å². The number of nitrogens with zero attached hydrogens (tertiary/aromatic N) is 1. The third-order valence-corrected chi connectivity index (χ3v) is 2.30. The molecule has 1 amide bonds. The van der Waals surface area contributed by atoms with Gasteiger partial charge in [0, 0.05) is 18.1 Å². The number of carboxylic acid groups (broad SMARTS) is 1. The molecule has 0 atom stereocenters. The molecule has 0 saturated carbocycles. The van der Waals surface area contributed by atoms with E-state index in [9.17, 15) is 24.5 Å². The quantitative estimate of drug-likeness (QED) is 0.330. The molecule has 1 rings (SSSR count). The molecule has 19 heavy (non-hydrogen) atoms. The van der Waals surface area contributed by atoms with Gasteiger partial charge in [-0.25, -0.2) is 0 Å². The van der Waals surface area contributed by atoms with Crippen molar-refractivity contribution in [1.82, 2.24) is 0 Å². The van der Waals surface area contributed by atoms with Gasteiger partial charge in [0.2, 0.25) is 6.41 Å². The molecule has 0 saturated heterocycles. The lowest BCUT2D eigenvalue weighted by Gasteiger charge is -2.03. The van der Waals surface area contributed by atoms with E-state index in [4.69, 9.17) is 5.11 Å². The summed E-state index contributed by atoms with van der Waals surface area (Å²) in [6, 6.07) is 3.53. The van der Waals surface area contributed by atoms with Gasteiger partial charge in [-0.3, -0.25) is 24.5 Å². The topological polar surface area (TPSA) is 127 Å². The van der Waals surface area contributed by atoms with Gasteiger partial charge in [-0.1, -0.05) is 0 Å². The summed E-state index contributed by atoms with van der Waals surface area (Å²) in [4.78, 5) is 42.3. The first-order valence-corrected chi connectivity index (χ1v) is 5.19. The maximum absolute atomic E-state index is 11.6. The maximum Gasteiger partial charge on any atom is 0.303 e. The number of carbonyl (C=O) groups excluding carboxylic acids is 2. The zero-order valence-corrected chi connectivity index (χ0v) is 9.66. The van der Waals surface area contributed by atoms with Crippen LogP contribution in [0, 0.1) is 10.1 Å². The summed E-state index contributed by atoms with van der Waals surface area (Å²) in [7, 11) is 0. The van der Waals surface area contributed by atoms with E-state index in [-0.39, 0.29) is 30.5 Å². The van der Waals surface area contributed by atoms with E-state index in [1.54, 1.807) is 0 Å². The normalized spacial score (nSPS) is 9.68. The van der Waals surface area contributed by atoms with Crippen molar-refractivity contribution in [3.63, 3.8) is 0 Å². The average molecular weight is 266 g/mol. The first-order valence-electron chi connectivity index (χ1n) is 5.19. The molecule has 0 unspecified atom stereocenters. The van der Waals surface area contributed by atoms with Crippen molar-refractivity contribution >= 4 is 29.5 Å². The Morgan fingerprint density at radius 1 is 1.37 bits per heavy atom. The van der Waals surface area contributed by atoms with Gasteiger partial charge in [-0.15, -0.1) is 0 Å². The van der Waals surface area contributed by atoms with Gasteiger partial charge in [0.1, 0.15) is 5.69 Å². The largest absolute Gasteiger partial charge is 0.481 e. The van der Waals surface area contributed by atoms with Crippen molar-refractivity contribution < 1.29 is 24.4 Å². The molecule has 1 aromatic rings. The number of nitrogens with one attached hydrogen (secondary N) is 1. The van der Waals surface area contributed by atoms with Crippen molar-refractivity contribution in [3.05, 3.63) is 33.9 Å². The van der Waals surface area contributed by atoms with Crippen LogP contribution in [-0.2, 0) is 9.59 Å². The molecule has 8 nitrogen and oxygen atoms in total. The van der Waals surface area contributed by atoms with Crippen molar-refractivity contribution in [1.29, 1.82) is 0 Å². The van der Waals surface area contributed by atoms with Crippen LogP contribution in [-0.4, -0.2) is 28.2 Å². The fraction of sp³-hybridized carbons (Fsp3) is 0.182. The molecule has 0 fully saturated rings. The molecule has 2 N–H and O–H groups in total. The second-order valence-electron chi connectivity index (χ2n) is 3.57. The average Bonchev–Trinajstić information content (AvgIpc) is 2.36. The number of rotatable bonds is 7. The molecule has 0 heterocycles.